The normalized spacial score (nSPS) is 11.9. The second-order valence-corrected chi connectivity index (χ2v) is 3.98. The molecule has 0 N–H and O–H groups in total. The molecule has 0 spiro atoms. The van der Waals surface area contributed by atoms with Crippen molar-refractivity contribution in [2.24, 2.45) is 0 Å². The summed E-state index contributed by atoms with van der Waals surface area (Å²) in [6, 6.07) is 0. The molecule has 0 bridgehead atoms. The van der Waals surface area contributed by atoms with E-state index in [1.807, 2.05) is 0 Å². The first-order valence-electron chi connectivity index (χ1n) is 6.51. The highest BCUT2D eigenvalue weighted by Gasteiger charge is 1.86. The van der Waals surface area contributed by atoms with Gasteiger partial charge in [-0.05, 0) is 32.1 Å². The summed E-state index contributed by atoms with van der Waals surface area (Å²) in [5, 5.41) is 0. The molecule has 0 aromatic heterocycles. The van der Waals surface area contributed by atoms with Gasteiger partial charge in [0.05, 0.1) is 0 Å². The Hall–Kier alpha value is -0.520. The Balaban J connectivity index is 3.07. The van der Waals surface area contributed by atoms with Crippen molar-refractivity contribution in [3.8, 4) is 0 Å². The van der Waals surface area contributed by atoms with Crippen LogP contribution in [-0.4, -0.2) is 0 Å². The van der Waals surface area contributed by atoms with Crippen molar-refractivity contribution in [3.63, 3.8) is 0 Å². The van der Waals surface area contributed by atoms with E-state index in [0.717, 1.165) is 12.8 Å². The molecule has 0 aromatic carbocycles. The van der Waals surface area contributed by atoms with Crippen LogP contribution in [0.25, 0.3) is 0 Å². The Kier molecular flexibility index (Phi) is 13.0. The van der Waals surface area contributed by atoms with E-state index in [1.54, 1.807) is 0 Å². The molecule has 0 aliphatic heterocycles. The zero-order valence-corrected chi connectivity index (χ0v) is 10.4. The fraction of sp³-hybridized carbons (Fsp3) is 0.667. The molecule has 0 atom stereocenters. The van der Waals surface area contributed by atoms with Crippen LogP contribution in [0.1, 0.15) is 64.7 Å². The Morgan fingerprint density at radius 3 is 2.00 bits per heavy atom. The number of hydrogen-bond donors (Lipinski definition) is 0. The molecule has 87 valence electrons. The Morgan fingerprint density at radius 2 is 1.33 bits per heavy atom. The van der Waals surface area contributed by atoms with Crippen molar-refractivity contribution in [2.45, 2.75) is 64.7 Å². The zero-order chi connectivity index (χ0) is 11.2. The SMILES string of the molecule is [CH2]CCCCCCC=CCCC=CCC. The van der Waals surface area contributed by atoms with E-state index in [-0.39, 0.29) is 0 Å². The van der Waals surface area contributed by atoms with E-state index in [0.29, 0.717) is 0 Å². The van der Waals surface area contributed by atoms with Gasteiger partial charge in [-0.1, -0.05) is 63.8 Å². The van der Waals surface area contributed by atoms with Gasteiger partial charge in [0, 0.05) is 0 Å². The van der Waals surface area contributed by atoms with Gasteiger partial charge in [0.25, 0.3) is 0 Å². The maximum absolute atomic E-state index is 3.85. The first-order valence-corrected chi connectivity index (χ1v) is 6.51. The largest absolute Gasteiger partial charge is 0.0888 e. The molecule has 15 heavy (non-hydrogen) atoms. The topological polar surface area (TPSA) is 0 Å². The highest BCUT2D eigenvalue weighted by molar-refractivity contribution is 4.87. The minimum absolute atomic E-state index is 1.10. The summed E-state index contributed by atoms with van der Waals surface area (Å²) in [4.78, 5) is 0. The highest BCUT2D eigenvalue weighted by atomic mass is 13.9. The predicted octanol–water partition coefficient (Wildman–Crippen LogP) is 5.46. The fourth-order valence-electron chi connectivity index (χ4n) is 1.51. The van der Waals surface area contributed by atoms with Crippen LogP contribution in [-0.2, 0) is 0 Å². The van der Waals surface area contributed by atoms with Crippen LogP contribution >= 0.6 is 0 Å². The molecule has 0 aromatic rings. The van der Waals surface area contributed by atoms with Gasteiger partial charge >= 0.3 is 0 Å². The summed E-state index contributed by atoms with van der Waals surface area (Å²) in [6.07, 6.45) is 20.5. The standard InChI is InChI=1S/C15H27/c1-3-5-7-9-11-13-15-14-12-10-8-6-4-2/h6,8,14-15H,1,3-5,7,9-13H2,2H3. The maximum Gasteiger partial charge on any atom is -0.0316 e. The summed E-state index contributed by atoms with van der Waals surface area (Å²) in [7, 11) is 0. The first-order chi connectivity index (χ1) is 7.41. The third-order valence-corrected chi connectivity index (χ3v) is 2.44. The molecule has 0 aliphatic rings. The molecule has 0 rings (SSSR count). The van der Waals surface area contributed by atoms with E-state index < -0.39 is 0 Å². The summed E-state index contributed by atoms with van der Waals surface area (Å²) >= 11 is 0. The van der Waals surface area contributed by atoms with Crippen LogP contribution in [0, 0.1) is 6.92 Å². The molecule has 1 radical (unpaired) electrons. The van der Waals surface area contributed by atoms with E-state index in [2.05, 4.69) is 38.2 Å². The van der Waals surface area contributed by atoms with Crippen LogP contribution in [0.5, 0.6) is 0 Å². The van der Waals surface area contributed by atoms with Gasteiger partial charge in [-0.25, -0.2) is 0 Å². The fourth-order valence-corrected chi connectivity index (χ4v) is 1.51. The van der Waals surface area contributed by atoms with Gasteiger partial charge in [-0.15, -0.1) is 0 Å². The molecule has 0 aliphatic carbocycles. The highest BCUT2D eigenvalue weighted by Crippen LogP contribution is 2.05. The molecule has 0 unspecified atom stereocenters. The molecule has 0 saturated heterocycles. The minimum Gasteiger partial charge on any atom is -0.0888 e. The number of rotatable bonds is 10. The second kappa shape index (κ2) is 13.5. The van der Waals surface area contributed by atoms with E-state index >= 15 is 0 Å². The predicted molar refractivity (Wildman–Crippen MR) is 70.9 cm³/mol. The Morgan fingerprint density at radius 1 is 0.733 bits per heavy atom. The molecule has 0 heteroatoms. The second-order valence-electron chi connectivity index (χ2n) is 3.98. The van der Waals surface area contributed by atoms with Crippen molar-refractivity contribution >= 4 is 0 Å². The van der Waals surface area contributed by atoms with Gasteiger partial charge in [0.15, 0.2) is 0 Å². The third kappa shape index (κ3) is 13.5. The lowest BCUT2D eigenvalue weighted by atomic mass is 10.1. The lowest BCUT2D eigenvalue weighted by Gasteiger charge is -1.95. The lowest BCUT2D eigenvalue weighted by Crippen LogP contribution is -1.76. The third-order valence-electron chi connectivity index (χ3n) is 2.44. The molecule has 0 nitrogen and oxygen atoms in total. The molecule has 0 saturated carbocycles. The van der Waals surface area contributed by atoms with Gasteiger partial charge in [-0.2, -0.15) is 0 Å². The van der Waals surface area contributed by atoms with Crippen molar-refractivity contribution in [1.29, 1.82) is 0 Å². The zero-order valence-electron chi connectivity index (χ0n) is 10.4. The van der Waals surface area contributed by atoms with Crippen LogP contribution in [0.2, 0.25) is 0 Å². The minimum atomic E-state index is 1.10. The van der Waals surface area contributed by atoms with Crippen molar-refractivity contribution in [1.82, 2.24) is 0 Å². The summed E-state index contributed by atoms with van der Waals surface area (Å²) in [6.45, 7) is 6.03. The smallest absolute Gasteiger partial charge is 0.0316 e. The van der Waals surface area contributed by atoms with Gasteiger partial charge in [0.1, 0.15) is 0 Å². The van der Waals surface area contributed by atoms with Gasteiger partial charge in [-0.3, -0.25) is 0 Å². The maximum atomic E-state index is 3.85. The summed E-state index contributed by atoms with van der Waals surface area (Å²) in [5.74, 6) is 0. The van der Waals surface area contributed by atoms with E-state index in [9.17, 15) is 0 Å². The first kappa shape index (κ1) is 14.5. The molecule has 0 heterocycles. The van der Waals surface area contributed by atoms with Crippen molar-refractivity contribution in [2.75, 3.05) is 0 Å². The number of hydrogen-bond acceptors (Lipinski definition) is 0. The monoisotopic (exact) mass is 207 g/mol. The number of allylic oxidation sites excluding steroid dienone is 4. The molecule has 0 fully saturated rings. The molecule has 0 amide bonds. The number of unbranched alkanes of at least 4 members (excludes halogenated alkanes) is 6. The van der Waals surface area contributed by atoms with Crippen molar-refractivity contribution < 1.29 is 0 Å². The van der Waals surface area contributed by atoms with E-state index in [4.69, 9.17) is 0 Å². The quantitative estimate of drug-likeness (QED) is 0.329. The van der Waals surface area contributed by atoms with Crippen LogP contribution in [0.4, 0.5) is 0 Å². The van der Waals surface area contributed by atoms with Crippen LogP contribution in [0.3, 0.4) is 0 Å². The van der Waals surface area contributed by atoms with Crippen LogP contribution < -0.4 is 0 Å². The van der Waals surface area contributed by atoms with Crippen LogP contribution in [0.15, 0.2) is 24.3 Å². The Bertz CT molecular complexity index is 153. The average Bonchev–Trinajstić information content (AvgIpc) is 2.26. The average molecular weight is 207 g/mol. The summed E-state index contributed by atoms with van der Waals surface area (Å²) < 4.78 is 0. The summed E-state index contributed by atoms with van der Waals surface area (Å²) in [5.41, 5.74) is 0. The van der Waals surface area contributed by atoms with E-state index in [1.165, 1.54) is 44.9 Å². The molecular formula is C15H27. The Labute approximate surface area is 96.5 Å². The van der Waals surface area contributed by atoms with Gasteiger partial charge in [0.2, 0.25) is 0 Å². The molecular weight excluding hydrogens is 180 g/mol. The van der Waals surface area contributed by atoms with Gasteiger partial charge < -0.3 is 0 Å². The van der Waals surface area contributed by atoms with Crippen molar-refractivity contribution in [3.05, 3.63) is 31.2 Å². The lowest BCUT2D eigenvalue weighted by molar-refractivity contribution is 0.651.